The zero-order valence-corrected chi connectivity index (χ0v) is 19.4. The lowest BCUT2D eigenvalue weighted by Gasteiger charge is -2.24. The molecule has 1 aliphatic heterocycles. The van der Waals surface area contributed by atoms with Gasteiger partial charge < -0.3 is 9.52 Å². The van der Waals surface area contributed by atoms with Crippen LogP contribution in [-0.2, 0) is 11.2 Å². The first kappa shape index (κ1) is 22.0. The Hall–Kier alpha value is -3.51. The van der Waals surface area contributed by atoms with Crippen molar-refractivity contribution >= 4 is 16.9 Å². The van der Waals surface area contributed by atoms with Crippen molar-refractivity contribution in [3.8, 4) is 22.5 Å². The second kappa shape index (κ2) is 8.31. The predicted molar refractivity (Wildman–Crippen MR) is 130 cm³/mol. The summed E-state index contributed by atoms with van der Waals surface area (Å²) in [4.78, 5) is 13.6. The van der Waals surface area contributed by atoms with Crippen LogP contribution in [0, 0.1) is 24.5 Å². The number of hydrogen-bond acceptors (Lipinski definition) is 3. The Balaban J connectivity index is 1.39. The minimum atomic E-state index is -0.761. The maximum absolute atomic E-state index is 15.6. The van der Waals surface area contributed by atoms with E-state index in [0.717, 1.165) is 34.2 Å². The molecule has 1 aliphatic carbocycles. The van der Waals surface area contributed by atoms with Crippen molar-refractivity contribution in [2.45, 2.75) is 32.2 Å². The van der Waals surface area contributed by atoms with E-state index in [1.807, 2.05) is 43.3 Å². The number of rotatable bonds is 4. The fraction of sp³-hybridized carbons (Fsp3) is 0.276. The van der Waals surface area contributed by atoms with Crippen LogP contribution < -0.4 is 0 Å². The lowest BCUT2D eigenvalue weighted by Crippen LogP contribution is -2.26. The molecule has 2 unspecified atom stereocenters. The van der Waals surface area contributed by atoms with E-state index < -0.39 is 5.97 Å². The van der Waals surface area contributed by atoms with Crippen molar-refractivity contribution in [1.82, 2.24) is 4.90 Å². The second-order valence-electron chi connectivity index (χ2n) is 9.65. The Labute approximate surface area is 201 Å². The van der Waals surface area contributed by atoms with E-state index in [1.165, 1.54) is 12.1 Å². The lowest BCUT2D eigenvalue weighted by atomic mass is 9.95. The van der Waals surface area contributed by atoms with Gasteiger partial charge in [-0.1, -0.05) is 30.3 Å². The summed E-state index contributed by atoms with van der Waals surface area (Å²) in [5, 5.41) is 10.1. The third-order valence-corrected chi connectivity index (χ3v) is 7.66. The van der Waals surface area contributed by atoms with Gasteiger partial charge in [0.2, 0.25) is 0 Å². The van der Waals surface area contributed by atoms with Crippen molar-refractivity contribution in [2.24, 2.45) is 5.92 Å². The molecule has 4 aromatic rings. The van der Waals surface area contributed by atoms with Crippen molar-refractivity contribution in [1.29, 1.82) is 0 Å². The number of carboxylic acid groups (broad SMARTS) is 1. The number of aliphatic carboxylic acids is 1. The standard InChI is InChI=1S/C29H25F2NO3/c1-16-21(17-4-2-5-20(30)12-17)6-3-7-22(16)26-14-19-13-24-23(27(31)28(19)35-26)8-9-25(24)32-11-10-18(15-32)29(33)34/h2-7,12-14,18,25H,8-11,15H2,1H3,(H,33,34). The molecule has 2 atom stereocenters. The molecule has 0 radical (unpaired) electrons. The smallest absolute Gasteiger partial charge is 0.307 e. The number of halogens is 2. The van der Waals surface area contributed by atoms with E-state index in [-0.39, 0.29) is 29.2 Å². The highest BCUT2D eigenvalue weighted by Crippen LogP contribution is 2.44. The highest BCUT2D eigenvalue weighted by Gasteiger charge is 2.37. The minimum absolute atomic E-state index is 0.0321. The van der Waals surface area contributed by atoms with Crippen LogP contribution >= 0.6 is 0 Å². The van der Waals surface area contributed by atoms with Gasteiger partial charge in [0.25, 0.3) is 0 Å². The summed E-state index contributed by atoms with van der Waals surface area (Å²) >= 11 is 0. The number of fused-ring (bicyclic) bond motifs is 2. The number of furan rings is 1. The largest absolute Gasteiger partial charge is 0.481 e. The van der Waals surface area contributed by atoms with Crippen molar-refractivity contribution in [3.63, 3.8) is 0 Å². The van der Waals surface area contributed by atoms with E-state index in [0.29, 0.717) is 42.6 Å². The van der Waals surface area contributed by atoms with Gasteiger partial charge in [0.15, 0.2) is 11.4 Å². The fourth-order valence-electron chi connectivity index (χ4n) is 5.85. The van der Waals surface area contributed by atoms with Crippen LogP contribution in [0.4, 0.5) is 8.78 Å². The molecule has 0 bridgehead atoms. The molecule has 0 saturated carbocycles. The third kappa shape index (κ3) is 3.64. The van der Waals surface area contributed by atoms with Crippen LogP contribution in [0.1, 0.15) is 35.6 Å². The topological polar surface area (TPSA) is 53.7 Å². The molecular weight excluding hydrogens is 448 g/mol. The Morgan fingerprint density at radius 1 is 1.06 bits per heavy atom. The summed E-state index contributed by atoms with van der Waals surface area (Å²) in [6, 6.07) is 16.2. The molecule has 1 aromatic heterocycles. The van der Waals surface area contributed by atoms with E-state index in [9.17, 15) is 14.3 Å². The Bertz CT molecular complexity index is 1470. The Kier molecular flexibility index (Phi) is 5.22. The molecule has 4 nitrogen and oxygen atoms in total. The Morgan fingerprint density at radius 3 is 2.63 bits per heavy atom. The normalized spacial score (nSPS) is 20.0. The van der Waals surface area contributed by atoms with Gasteiger partial charge in [0, 0.05) is 23.5 Å². The highest BCUT2D eigenvalue weighted by atomic mass is 19.1. The van der Waals surface area contributed by atoms with E-state index in [4.69, 9.17) is 4.42 Å². The van der Waals surface area contributed by atoms with Crippen molar-refractivity contribution < 1.29 is 23.1 Å². The van der Waals surface area contributed by atoms with Gasteiger partial charge in [-0.05, 0) is 84.8 Å². The van der Waals surface area contributed by atoms with Crippen molar-refractivity contribution in [3.05, 3.63) is 82.9 Å². The maximum atomic E-state index is 15.6. The van der Waals surface area contributed by atoms with Gasteiger partial charge in [-0.2, -0.15) is 0 Å². The second-order valence-corrected chi connectivity index (χ2v) is 9.65. The molecule has 0 spiro atoms. The summed E-state index contributed by atoms with van der Waals surface area (Å²) in [7, 11) is 0. The van der Waals surface area contributed by atoms with Crippen LogP contribution in [0.15, 0.2) is 59.0 Å². The van der Waals surface area contributed by atoms with E-state index >= 15 is 4.39 Å². The molecule has 6 heteroatoms. The molecule has 0 amide bonds. The van der Waals surface area contributed by atoms with Crippen LogP contribution in [0.2, 0.25) is 0 Å². The summed E-state index contributed by atoms with van der Waals surface area (Å²) < 4.78 is 35.5. The van der Waals surface area contributed by atoms with Gasteiger partial charge in [-0.15, -0.1) is 0 Å². The molecule has 6 rings (SSSR count). The Morgan fingerprint density at radius 2 is 1.86 bits per heavy atom. The van der Waals surface area contributed by atoms with Crippen LogP contribution in [0.25, 0.3) is 33.4 Å². The predicted octanol–water partition coefficient (Wildman–Crippen LogP) is 6.75. The number of likely N-dealkylation sites (tertiary alicyclic amines) is 1. The number of nitrogens with zero attached hydrogens (tertiary/aromatic N) is 1. The fourth-order valence-corrected chi connectivity index (χ4v) is 5.85. The zero-order chi connectivity index (χ0) is 24.3. The monoisotopic (exact) mass is 473 g/mol. The first-order valence-electron chi connectivity index (χ1n) is 12.0. The van der Waals surface area contributed by atoms with Crippen LogP contribution in [0.5, 0.6) is 0 Å². The van der Waals surface area contributed by atoms with E-state index in [2.05, 4.69) is 4.90 Å². The van der Waals surface area contributed by atoms with Crippen LogP contribution in [0.3, 0.4) is 0 Å². The highest BCUT2D eigenvalue weighted by molar-refractivity contribution is 5.87. The van der Waals surface area contributed by atoms with E-state index in [1.54, 1.807) is 6.07 Å². The molecule has 1 saturated heterocycles. The molecule has 35 heavy (non-hydrogen) atoms. The first-order chi connectivity index (χ1) is 16.9. The average molecular weight is 474 g/mol. The van der Waals surface area contributed by atoms with Gasteiger partial charge in [-0.3, -0.25) is 9.69 Å². The molecular formula is C29H25F2NO3. The van der Waals surface area contributed by atoms with Gasteiger partial charge in [0.05, 0.1) is 5.92 Å². The summed E-state index contributed by atoms with van der Waals surface area (Å²) in [5.41, 5.74) is 5.31. The zero-order valence-electron chi connectivity index (χ0n) is 19.4. The number of carboxylic acids is 1. The lowest BCUT2D eigenvalue weighted by molar-refractivity contribution is -0.141. The SMILES string of the molecule is Cc1c(-c2cccc(F)c2)cccc1-c1cc2cc3c(c(F)c2o1)CCC3N1CCC(C(=O)O)C1. The summed E-state index contributed by atoms with van der Waals surface area (Å²) in [6.07, 6.45) is 2.02. The molecule has 1 N–H and O–H groups in total. The summed E-state index contributed by atoms with van der Waals surface area (Å²) in [6.45, 7) is 3.17. The first-order valence-corrected chi connectivity index (χ1v) is 12.0. The molecule has 3 aromatic carbocycles. The third-order valence-electron chi connectivity index (χ3n) is 7.66. The van der Waals surface area contributed by atoms with Gasteiger partial charge in [0.1, 0.15) is 11.6 Å². The van der Waals surface area contributed by atoms with Gasteiger partial charge in [-0.25, -0.2) is 8.78 Å². The molecule has 1 fully saturated rings. The van der Waals surface area contributed by atoms with Gasteiger partial charge >= 0.3 is 5.97 Å². The number of carbonyl (C=O) groups is 1. The molecule has 2 aliphatic rings. The maximum Gasteiger partial charge on any atom is 0.307 e. The number of hydrogen-bond donors (Lipinski definition) is 1. The number of benzene rings is 3. The summed E-state index contributed by atoms with van der Waals surface area (Å²) in [5.74, 6) is -1.17. The van der Waals surface area contributed by atoms with Crippen LogP contribution in [-0.4, -0.2) is 29.1 Å². The molecule has 2 heterocycles. The minimum Gasteiger partial charge on any atom is -0.481 e. The molecule has 178 valence electrons. The average Bonchev–Trinajstić information content (AvgIpc) is 3.57. The van der Waals surface area contributed by atoms with Crippen molar-refractivity contribution in [2.75, 3.05) is 13.1 Å². The quantitative estimate of drug-likeness (QED) is 0.356.